The van der Waals surface area contributed by atoms with Gasteiger partial charge in [0.25, 0.3) is 0 Å². The van der Waals surface area contributed by atoms with Crippen molar-refractivity contribution in [2.24, 2.45) is 0 Å². The molecule has 154 valence electrons. The fourth-order valence-electron chi connectivity index (χ4n) is 3.22. The Morgan fingerprint density at radius 1 is 1.07 bits per heavy atom. The minimum atomic E-state index is -4.48. The number of hydrogen-bond acceptors (Lipinski definition) is 4. The standard InChI is InChI=1S/C18H19F3N2O.C3H9N/c1-2-3-7-15-12-5-4-6-13(12)17(23-22-15)14-9-8-11(10-16(14)24)18(19,20)21;1-4(2)3/h8-10,24H,2-7H2,1H3;1-3H3. The van der Waals surface area contributed by atoms with Gasteiger partial charge in [0.2, 0.25) is 0 Å². The van der Waals surface area contributed by atoms with Crippen molar-refractivity contribution >= 4 is 0 Å². The maximum absolute atomic E-state index is 12.8. The van der Waals surface area contributed by atoms with Gasteiger partial charge in [-0.1, -0.05) is 13.3 Å². The Morgan fingerprint density at radius 2 is 1.71 bits per heavy atom. The lowest BCUT2D eigenvalue weighted by molar-refractivity contribution is -0.137. The van der Waals surface area contributed by atoms with Gasteiger partial charge < -0.3 is 10.0 Å². The molecule has 3 rings (SSSR count). The smallest absolute Gasteiger partial charge is 0.416 e. The SMILES string of the molecule is CCCCc1nnc(-c2ccc(C(F)(F)F)cc2O)c2c1CCC2.CN(C)C. The predicted octanol–water partition coefficient (Wildman–Crippen LogP) is 4.88. The third-order valence-corrected chi connectivity index (χ3v) is 4.47. The van der Waals surface area contributed by atoms with Crippen molar-refractivity contribution in [3.63, 3.8) is 0 Å². The molecule has 0 saturated heterocycles. The Labute approximate surface area is 164 Å². The molecule has 7 heteroatoms. The van der Waals surface area contributed by atoms with Gasteiger partial charge in [0.05, 0.1) is 11.3 Å². The molecule has 28 heavy (non-hydrogen) atoms. The Bertz CT molecular complexity index is 801. The molecular weight excluding hydrogens is 367 g/mol. The first-order valence-electron chi connectivity index (χ1n) is 9.54. The first kappa shape index (κ1) is 22.1. The van der Waals surface area contributed by atoms with E-state index in [1.165, 1.54) is 6.07 Å². The van der Waals surface area contributed by atoms with Crippen LogP contribution in [0.2, 0.25) is 0 Å². The van der Waals surface area contributed by atoms with Crippen LogP contribution in [0.4, 0.5) is 13.2 Å². The molecule has 0 bridgehead atoms. The van der Waals surface area contributed by atoms with Crippen molar-refractivity contribution in [2.75, 3.05) is 21.1 Å². The van der Waals surface area contributed by atoms with Crippen LogP contribution >= 0.6 is 0 Å². The first-order chi connectivity index (χ1) is 13.1. The van der Waals surface area contributed by atoms with Gasteiger partial charge in [-0.25, -0.2) is 0 Å². The summed E-state index contributed by atoms with van der Waals surface area (Å²) in [5.41, 5.74) is 3.12. The number of aromatic hydroxyl groups is 1. The molecule has 1 N–H and O–H groups in total. The molecule has 1 aliphatic carbocycles. The second-order valence-electron chi connectivity index (χ2n) is 7.48. The molecule has 0 radical (unpaired) electrons. The number of nitrogens with zero attached hydrogens (tertiary/aromatic N) is 3. The summed E-state index contributed by atoms with van der Waals surface area (Å²) < 4.78 is 38.3. The van der Waals surface area contributed by atoms with Crippen molar-refractivity contribution in [2.45, 2.75) is 51.6 Å². The van der Waals surface area contributed by atoms with Crippen LogP contribution in [0.3, 0.4) is 0 Å². The minimum Gasteiger partial charge on any atom is -0.507 e. The second kappa shape index (κ2) is 9.37. The van der Waals surface area contributed by atoms with E-state index in [9.17, 15) is 18.3 Å². The van der Waals surface area contributed by atoms with Crippen LogP contribution in [0, 0.1) is 0 Å². The zero-order chi connectivity index (χ0) is 20.9. The highest BCUT2D eigenvalue weighted by Gasteiger charge is 2.32. The van der Waals surface area contributed by atoms with E-state index in [2.05, 4.69) is 17.1 Å². The Kier molecular flexibility index (Phi) is 7.41. The van der Waals surface area contributed by atoms with Gasteiger partial charge in [-0.15, -0.1) is 5.10 Å². The number of fused-ring (bicyclic) bond motifs is 1. The number of aromatic nitrogens is 2. The third-order valence-electron chi connectivity index (χ3n) is 4.47. The van der Waals surface area contributed by atoms with E-state index in [-0.39, 0.29) is 0 Å². The van der Waals surface area contributed by atoms with E-state index in [4.69, 9.17) is 0 Å². The summed E-state index contributed by atoms with van der Waals surface area (Å²) in [5.74, 6) is -0.408. The summed E-state index contributed by atoms with van der Waals surface area (Å²) in [6, 6.07) is 3.01. The average Bonchev–Trinajstić information content (AvgIpc) is 3.08. The summed E-state index contributed by atoms with van der Waals surface area (Å²) >= 11 is 0. The van der Waals surface area contributed by atoms with Crippen LogP contribution in [0.15, 0.2) is 18.2 Å². The van der Waals surface area contributed by atoms with Crippen LogP contribution in [0.1, 0.15) is 48.6 Å². The number of alkyl halides is 3. The number of unbranched alkanes of at least 4 members (excludes halogenated alkanes) is 1. The van der Waals surface area contributed by atoms with Crippen molar-refractivity contribution in [1.29, 1.82) is 0 Å². The van der Waals surface area contributed by atoms with Gasteiger partial charge in [-0.3, -0.25) is 0 Å². The number of phenols is 1. The summed E-state index contributed by atoms with van der Waals surface area (Å²) in [6.45, 7) is 2.11. The molecule has 1 aliphatic rings. The molecule has 1 aromatic heterocycles. The molecule has 1 heterocycles. The van der Waals surface area contributed by atoms with Gasteiger partial charge >= 0.3 is 6.18 Å². The van der Waals surface area contributed by atoms with Crippen molar-refractivity contribution in [3.05, 3.63) is 40.6 Å². The lowest BCUT2D eigenvalue weighted by atomic mass is 9.99. The van der Waals surface area contributed by atoms with Gasteiger partial charge in [0.15, 0.2) is 0 Å². The monoisotopic (exact) mass is 395 g/mol. The van der Waals surface area contributed by atoms with Gasteiger partial charge in [0, 0.05) is 5.56 Å². The number of benzene rings is 1. The molecule has 2 aromatic rings. The van der Waals surface area contributed by atoms with Crippen LogP contribution in [-0.4, -0.2) is 41.3 Å². The largest absolute Gasteiger partial charge is 0.507 e. The third kappa shape index (κ3) is 5.44. The van der Waals surface area contributed by atoms with E-state index in [1.807, 2.05) is 26.0 Å². The Morgan fingerprint density at radius 3 is 2.29 bits per heavy atom. The van der Waals surface area contributed by atoms with E-state index >= 15 is 0 Å². The van der Waals surface area contributed by atoms with Crippen molar-refractivity contribution < 1.29 is 18.3 Å². The van der Waals surface area contributed by atoms with Crippen LogP contribution in [0.25, 0.3) is 11.3 Å². The summed E-state index contributed by atoms with van der Waals surface area (Å²) in [6.07, 6.45) is 1.21. The zero-order valence-electron chi connectivity index (χ0n) is 16.9. The van der Waals surface area contributed by atoms with E-state index in [0.29, 0.717) is 11.3 Å². The topological polar surface area (TPSA) is 49.3 Å². The van der Waals surface area contributed by atoms with E-state index in [0.717, 1.165) is 67.5 Å². The van der Waals surface area contributed by atoms with Gasteiger partial charge in [-0.05, 0) is 82.6 Å². The number of rotatable bonds is 4. The minimum absolute atomic E-state index is 0.315. The summed E-state index contributed by atoms with van der Waals surface area (Å²) in [4.78, 5) is 2.00. The Balaban J connectivity index is 0.000000640. The van der Waals surface area contributed by atoms with Gasteiger partial charge in [0.1, 0.15) is 11.4 Å². The average molecular weight is 395 g/mol. The fourth-order valence-corrected chi connectivity index (χ4v) is 3.22. The second-order valence-corrected chi connectivity index (χ2v) is 7.48. The predicted molar refractivity (Wildman–Crippen MR) is 104 cm³/mol. The summed E-state index contributed by atoms with van der Waals surface area (Å²) in [7, 11) is 6.00. The highest BCUT2D eigenvalue weighted by molar-refractivity contribution is 5.71. The van der Waals surface area contributed by atoms with E-state index in [1.54, 1.807) is 0 Å². The molecule has 0 unspecified atom stereocenters. The highest BCUT2D eigenvalue weighted by Crippen LogP contribution is 2.39. The fraction of sp³-hybridized carbons (Fsp3) is 0.524. The summed E-state index contributed by atoms with van der Waals surface area (Å²) in [5, 5.41) is 18.6. The number of phenolic OH excluding ortho intramolecular Hbond substituents is 1. The normalized spacial score (nSPS) is 13.3. The van der Waals surface area contributed by atoms with Crippen molar-refractivity contribution in [3.8, 4) is 17.0 Å². The molecule has 0 fully saturated rings. The molecule has 0 aliphatic heterocycles. The molecule has 1 aromatic carbocycles. The number of aryl methyl sites for hydroxylation is 1. The molecular formula is C21H28F3N3O. The van der Waals surface area contributed by atoms with Crippen LogP contribution in [0.5, 0.6) is 5.75 Å². The maximum atomic E-state index is 12.8. The van der Waals surface area contributed by atoms with Gasteiger partial charge in [-0.2, -0.15) is 18.3 Å². The quantitative estimate of drug-likeness (QED) is 0.802. The number of halogens is 3. The number of hydrogen-bond donors (Lipinski definition) is 1. The zero-order valence-corrected chi connectivity index (χ0v) is 16.9. The Hall–Kier alpha value is -2.15. The van der Waals surface area contributed by atoms with Crippen molar-refractivity contribution in [1.82, 2.24) is 15.1 Å². The molecule has 0 atom stereocenters. The molecule has 0 spiro atoms. The molecule has 4 nitrogen and oxygen atoms in total. The van der Waals surface area contributed by atoms with Crippen LogP contribution < -0.4 is 0 Å². The lowest BCUT2D eigenvalue weighted by Crippen LogP contribution is -2.06. The lowest BCUT2D eigenvalue weighted by Gasteiger charge is -2.13. The maximum Gasteiger partial charge on any atom is 0.416 e. The van der Waals surface area contributed by atoms with Crippen LogP contribution in [-0.2, 0) is 25.4 Å². The first-order valence-corrected chi connectivity index (χ1v) is 9.54. The van der Waals surface area contributed by atoms with E-state index < -0.39 is 17.5 Å². The molecule has 0 saturated carbocycles. The highest BCUT2D eigenvalue weighted by atomic mass is 19.4. The molecule has 0 amide bonds.